The van der Waals surface area contributed by atoms with Crippen molar-refractivity contribution in [3.05, 3.63) is 83.7 Å². The highest BCUT2D eigenvalue weighted by molar-refractivity contribution is 5.92. The predicted octanol–water partition coefficient (Wildman–Crippen LogP) is 7.02. The molecule has 1 saturated carbocycles. The van der Waals surface area contributed by atoms with Crippen LogP contribution in [0.4, 0.5) is 5.69 Å². The van der Waals surface area contributed by atoms with E-state index in [2.05, 4.69) is 83.4 Å². The number of rotatable bonds is 5. The highest BCUT2D eigenvalue weighted by atomic mass is 16.1. The second kappa shape index (κ2) is 9.46. The Labute approximate surface area is 202 Å². The van der Waals surface area contributed by atoms with Gasteiger partial charge >= 0.3 is 0 Å². The molecule has 0 spiro atoms. The van der Waals surface area contributed by atoms with Gasteiger partial charge in [-0.05, 0) is 85.0 Å². The molecule has 1 heterocycles. The number of nitrogens with zero attached hydrogens (tertiary/aromatic N) is 2. The molecule has 4 aromatic rings. The molecule has 0 saturated heterocycles. The summed E-state index contributed by atoms with van der Waals surface area (Å²) >= 11 is 0. The first-order valence-electron chi connectivity index (χ1n) is 12.4. The van der Waals surface area contributed by atoms with E-state index in [4.69, 9.17) is 0 Å². The van der Waals surface area contributed by atoms with Crippen molar-refractivity contribution in [2.24, 2.45) is 13.0 Å². The molecule has 0 radical (unpaired) electrons. The summed E-state index contributed by atoms with van der Waals surface area (Å²) < 4.78 is 2.12. The third-order valence-corrected chi connectivity index (χ3v) is 7.49. The fourth-order valence-electron chi connectivity index (χ4n) is 5.25. The van der Waals surface area contributed by atoms with Gasteiger partial charge in [0.05, 0.1) is 11.0 Å². The zero-order valence-electron chi connectivity index (χ0n) is 20.3. The maximum Gasteiger partial charge on any atom is 0.227 e. The second-order valence-electron chi connectivity index (χ2n) is 9.64. The zero-order chi connectivity index (χ0) is 23.7. The largest absolute Gasteiger partial charge is 0.331 e. The van der Waals surface area contributed by atoms with Crippen molar-refractivity contribution < 1.29 is 4.79 Å². The summed E-state index contributed by atoms with van der Waals surface area (Å²) in [7, 11) is 2.05. The minimum atomic E-state index is 0.0686. The fourth-order valence-corrected chi connectivity index (χ4v) is 5.25. The molecule has 4 nitrogen and oxygen atoms in total. The molecule has 34 heavy (non-hydrogen) atoms. The molecule has 1 aliphatic rings. The standard InChI is InChI=1S/C30H33N3O/c1-4-21-8-15-27(16-9-21)32-30(34)26-7-5-6-24(18-26)22-10-12-23(13-11-22)25-14-17-29-28(19-25)31-20(2)33(29)3/h8-17,19,24,26H,4-7,18H2,1-3H3,(H,32,34). The van der Waals surface area contributed by atoms with Gasteiger partial charge in [-0.2, -0.15) is 0 Å². The van der Waals surface area contributed by atoms with Crippen LogP contribution >= 0.6 is 0 Å². The quantitative estimate of drug-likeness (QED) is 0.354. The molecule has 174 valence electrons. The van der Waals surface area contributed by atoms with Gasteiger partial charge in [-0.25, -0.2) is 4.98 Å². The van der Waals surface area contributed by atoms with Crippen LogP contribution in [0.25, 0.3) is 22.2 Å². The third kappa shape index (κ3) is 4.50. The van der Waals surface area contributed by atoms with Gasteiger partial charge in [0.25, 0.3) is 0 Å². The van der Waals surface area contributed by atoms with Gasteiger partial charge in [-0.1, -0.05) is 55.8 Å². The maximum atomic E-state index is 13.0. The Morgan fingerprint density at radius 3 is 2.47 bits per heavy atom. The highest BCUT2D eigenvalue weighted by Gasteiger charge is 2.28. The summed E-state index contributed by atoms with van der Waals surface area (Å²) in [6.45, 7) is 4.18. The summed E-state index contributed by atoms with van der Waals surface area (Å²) in [5, 5.41) is 3.14. The van der Waals surface area contributed by atoms with Gasteiger partial charge in [0.1, 0.15) is 5.82 Å². The number of hydrogen-bond donors (Lipinski definition) is 1. The number of benzene rings is 3. The van der Waals surface area contributed by atoms with Crippen LogP contribution in [0.2, 0.25) is 0 Å². The van der Waals surface area contributed by atoms with E-state index in [1.54, 1.807) is 0 Å². The van der Waals surface area contributed by atoms with Crippen LogP contribution in [-0.4, -0.2) is 15.5 Å². The number of nitrogens with one attached hydrogen (secondary N) is 1. The van der Waals surface area contributed by atoms with Crippen LogP contribution in [0.5, 0.6) is 0 Å². The molecule has 1 N–H and O–H groups in total. The number of aromatic nitrogens is 2. The Bertz CT molecular complexity index is 1300. The van der Waals surface area contributed by atoms with Crippen LogP contribution in [0.1, 0.15) is 55.5 Å². The molecule has 2 unspecified atom stereocenters. The number of carbonyl (C=O) groups is 1. The van der Waals surface area contributed by atoms with Crippen molar-refractivity contribution in [1.82, 2.24) is 9.55 Å². The molecule has 5 rings (SSSR count). The predicted molar refractivity (Wildman–Crippen MR) is 140 cm³/mol. The molecular formula is C30H33N3O. The first-order chi connectivity index (χ1) is 16.5. The molecule has 0 bridgehead atoms. The smallest absolute Gasteiger partial charge is 0.227 e. The lowest BCUT2D eigenvalue weighted by molar-refractivity contribution is -0.120. The lowest BCUT2D eigenvalue weighted by Gasteiger charge is -2.29. The van der Waals surface area contributed by atoms with Crippen LogP contribution in [-0.2, 0) is 18.3 Å². The van der Waals surface area contributed by atoms with E-state index in [0.717, 1.165) is 54.6 Å². The number of amides is 1. The number of imidazole rings is 1. The Kier molecular flexibility index (Phi) is 6.23. The topological polar surface area (TPSA) is 46.9 Å². The minimum absolute atomic E-state index is 0.0686. The highest BCUT2D eigenvalue weighted by Crippen LogP contribution is 2.37. The van der Waals surface area contributed by atoms with Crippen LogP contribution < -0.4 is 5.32 Å². The van der Waals surface area contributed by atoms with E-state index >= 15 is 0 Å². The van der Waals surface area contributed by atoms with Crippen molar-refractivity contribution >= 4 is 22.6 Å². The molecule has 0 aliphatic heterocycles. The molecule has 1 amide bonds. The van der Waals surface area contributed by atoms with Crippen molar-refractivity contribution in [3.63, 3.8) is 0 Å². The van der Waals surface area contributed by atoms with Crippen molar-refractivity contribution in [3.8, 4) is 11.1 Å². The van der Waals surface area contributed by atoms with Gasteiger partial charge in [0, 0.05) is 18.7 Å². The monoisotopic (exact) mass is 451 g/mol. The van der Waals surface area contributed by atoms with Crippen LogP contribution in [0, 0.1) is 12.8 Å². The average Bonchev–Trinajstić information content (AvgIpc) is 3.17. The van der Waals surface area contributed by atoms with Gasteiger partial charge in [-0.3, -0.25) is 4.79 Å². The van der Waals surface area contributed by atoms with Crippen molar-refractivity contribution in [2.75, 3.05) is 5.32 Å². The van der Waals surface area contributed by atoms with Gasteiger partial charge < -0.3 is 9.88 Å². The molecule has 4 heteroatoms. The second-order valence-corrected chi connectivity index (χ2v) is 9.64. The maximum absolute atomic E-state index is 13.0. The van der Waals surface area contributed by atoms with E-state index in [1.165, 1.54) is 22.3 Å². The van der Waals surface area contributed by atoms with Gasteiger partial charge in [-0.15, -0.1) is 0 Å². The Hall–Kier alpha value is -3.40. The molecule has 1 aromatic heterocycles. The van der Waals surface area contributed by atoms with E-state index in [0.29, 0.717) is 5.92 Å². The normalized spacial score (nSPS) is 18.2. The summed E-state index contributed by atoms with van der Waals surface area (Å²) in [6, 6.07) is 23.6. The van der Waals surface area contributed by atoms with Gasteiger partial charge in [0.2, 0.25) is 5.91 Å². The Balaban J connectivity index is 1.27. The molecule has 1 fully saturated rings. The van der Waals surface area contributed by atoms with E-state index in [-0.39, 0.29) is 11.8 Å². The summed E-state index contributed by atoms with van der Waals surface area (Å²) in [6.07, 6.45) is 5.13. The van der Waals surface area contributed by atoms with Crippen molar-refractivity contribution in [2.45, 2.75) is 51.9 Å². The average molecular weight is 452 g/mol. The molecule has 3 aromatic carbocycles. The number of fused-ring (bicyclic) bond motifs is 1. The van der Waals surface area contributed by atoms with Gasteiger partial charge in [0.15, 0.2) is 0 Å². The number of carbonyl (C=O) groups excluding carboxylic acids is 1. The van der Waals surface area contributed by atoms with E-state index in [9.17, 15) is 4.79 Å². The van der Waals surface area contributed by atoms with Crippen molar-refractivity contribution in [1.29, 1.82) is 0 Å². The summed E-state index contributed by atoms with van der Waals surface area (Å²) in [4.78, 5) is 17.6. The molecule has 2 atom stereocenters. The summed E-state index contributed by atoms with van der Waals surface area (Å²) in [5.74, 6) is 1.68. The SMILES string of the molecule is CCc1ccc(NC(=O)C2CCCC(c3ccc(-c4ccc5c(c4)nc(C)n5C)cc3)C2)cc1. The first-order valence-corrected chi connectivity index (χ1v) is 12.4. The number of hydrogen-bond acceptors (Lipinski definition) is 2. The summed E-state index contributed by atoms with van der Waals surface area (Å²) in [5.41, 5.74) is 8.10. The Morgan fingerprint density at radius 2 is 1.74 bits per heavy atom. The molecular weight excluding hydrogens is 418 g/mol. The third-order valence-electron chi connectivity index (χ3n) is 7.49. The van der Waals surface area contributed by atoms with E-state index in [1.807, 2.05) is 19.1 Å². The first kappa shape index (κ1) is 22.4. The number of anilines is 1. The Morgan fingerprint density at radius 1 is 1.00 bits per heavy atom. The lowest BCUT2D eigenvalue weighted by Crippen LogP contribution is -2.27. The number of aryl methyl sites for hydroxylation is 3. The van der Waals surface area contributed by atoms with Crippen LogP contribution in [0.3, 0.4) is 0 Å². The minimum Gasteiger partial charge on any atom is -0.331 e. The fraction of sp³-hybridized carbons (Fsp3) is 0.333. The lowest BCUT2D eigenvalue weighted by atomic mass is 9.77. The van der Waals surface area contributed by atoms with Crippen LogP contribution in [0.15, 0.2) is 66.7 Å². The van der Waals surface area contributed by atoms with E-state index < -0.39 is 0 Å². The molecule has 1 aliphatic carbocycles. The zero-order valence-corrected chi connectivity index (χ0v) is 20.3.